The molecule has 1 fully saturated rings. The van der Waals surface area contributed by atoms with Gasteiger partial charge in [0.05, 0.1) is 0 Å². The quantitative estimate of drug-likeness (QED) is 0.838. The topological polar surface area (TPSA) is 26.0 Å². The molecule has 0 bridgehead atoms. The van der Waals surface area contributed by atoms with Gasteiger partial charge in [-0.1, -0.05) is 24.3 Å². The minimum absolute atomic E-state index is 0.295. The van der Waals surface area contributed by atoms with Crippen LogP contribution in [0.5, 0.6) is 0 Å². The maximum absolute atomic E-state index is 13.8. The SMILES string of the molecule is CC(C)(F)C(F)c1cccc(C2(N)CC2)c1. The van der Waals surface area contributed by atoms with Crippen molar-refractivity contribution in [3.05, 3.63) is 35.4 Å². The highest BCUT2D eigenvalue weighted by molar-refractivity contribution is 5.34. The summed E-state index contributed by atoms with van der Waals surface area (Å²) in [5, 5.41) is 0. The minimum atomic E-state index is -1.86. The zero-order chi connectivity index (χ0) is 12.0. The molecule has 0 aromatic heterocycles. The molecule has 2 N–H and O–H groups in total. The van der Waals surface area contributed by atoms with E-state index in [9.17, 15) is 8.78 Å². The van der Waals surface area contributed by atoms with E-state index in [1.54, 1.807) is 18.2 Å². The third-order valence-electron chi connectivity index (χ3n) is 3.15. The Kier molecular flexibility index (Phi) is 2.54. The fraction of sp³-hybridized carbons (Fsp3) is 0.538. The Bertz CT molecular complexity index is 391. The van der Waals surface area contributed by atoms with E-state index in [4.69, 9.17) is 5.73 Å². The van der Waals surface area contributed by atoms with Crippen LogP contribution in [0, 0.1) is 0 Å². The van der Waals surface area contributed by atoms with Gasteiger partial charge < -0.3 is 5.73 Å². The van der Waals surface area contributed by atoms with Crippen molar-refractivity contribution in [2.45, 2.75) is 44.1 Å². The number of nitrogens with two attached hydrogens (primary N) is 1. The zero-order valence-corrected chi connectivity index (χ0v) is 9.63. The molecule has 0 aliphatic heterocycles. The lowest BCUT2D eigenvalue weighted by atomic mass is 9.94. The van der Waals surface area contributed by atoms with Crippen LogP contribution < -0.4 is 5.73 Å². The van der Waals surface area contributed by atoms with Crippen LogP contribution in [0.25, 0.3) is 0 Å². The van der Waals surface area contributed by atoms with Gasteiger partial charge in [-0.25, -0.2) is 8.78 Å². The molecule has 0 saturated heterocycles. The van der Waals surface area contributed by atoms with E-state index in [0.717, 1.165) is 18.4 Å². The second-order valence-corrected chi connectivity index (χ2v) is 5.21. The number of rotatable bonds is 3. The fourth-order valence-electron chi connectivity index (χ4n) is 1.83. The second-order valence-electron chi connectivity index (χ2n) is 5.21. The lowest BCUT2D eigenvalue weighted by molar-refractivity contribution is 0.0852. The maximum atomic E-state index is 13.8. The summed E-state index contributed by atoms with van der Waals surface area (Å²) in [7, 11) is 0. The van der Waals surface area contributed by atoms with E-state index >= 15 is 0 Å². The van der Waals surface area contributed by atoms with Crippen LogP contribution in [-0.2, 0) is 5.54 Å². The van der Waals surface area contributed by atoms with Gasteiger partial charge in [0.15, 0.2) is 6.17 Å². The summed E-state index contributed by atoms with van der Waals surface area (Å²) in [4.78, 5) is 0. The highest BCUT2D eigenvalue weighted by Crippen LogP contribution is 2.44. The van der Waals surface area contributed by atoms with Gasteiger partial charge in [0.2, 0.25) is 0 Å². The predicted molar refractivity (Wildman–Crippen MR) is 60.6 cm³/mol. The van der Waals surface area contributed by atoms with Crippen molar-refractivity contribution in [2.75, 3.05) is 0 Å². The molecule has 0 spiro atoms. The monoisotopic (exact) mass is 225 g/mol. The highest BCUT2D eigenvalue weighted by atomic mass is 19.2. The Morgan fingerprint density at radius 1 is 1.38 bits per heavy atom. The Balaban J connectivity index is 2.29. The van der Waals surface area contributed by atoms with Gasteiger partial charge in [0.1, 0.15) is 5.67 Å². The number of alkyl halides is 2. The summed E-state index contributed by atoms with van der Waals surface area (Å²) >= 11 is 0. The van der Waals surface area contributed by atoms with Crippen LogP contribution in [0.1, 0.15) is 44.0 Å². The van der Waals surface area contributed by atoms with Crippen molar-refractivity contribution in [1.82, 2.24) is 0 Å². The summed E-state index contributed by atoms with van der Waals surface area (Å²) in [5.41, 5.74) is 5.17. The van der Waals surface area contributed by atoms with Gasteiger partial charge in [-0.15, -0.1) is 0 Å². The van der Waals surface area contributed by atoms with Crippen molar-refractivity contribution in [3.63, 3.8) is 0 Å². The molecule has 1 unspecified atom stereocenters. The first-order valence-electron chi connectivity index (χ1n) is 5.55. The van der Waals surface area contributed by atoms with Crippen LogP contribution >= 0.6 is 0 Å². The van der Waals surface area contributed by atoms with Crippen molar-refractivity contribution in [2.24, 2.45) is 5.73 Å². The fourth-order valence-corrected chi connectivity index (χ4v) is 1.83. The molecule has 1 atom stereocenters. The zero-order valence-electron chi connectivity index (χ0n) is 9.63. The Hall–Kier alpha value is -0.960. The summed E-state index contributed by atoms with van der Waals surface area (Å²) < 4.78 is 27.3. The molecule has 1 aromatic carbocycles. The molecule has 3 heteroatoms. The standard InChI is InChI=1S/C13H17F2N/c1-12(2,15)11(14)9-4-3-5-10(8-9)13(16)6-7-13/h3-5,8,11H,6-7,16H2,1-2H3. The van der Waals surface area contributed by atoms with E-state index in [1.165, 1.54) is 13.8 Å². The first kappa shape index (κ1) is 11.5. The van der Waals surface area contributed by atoms with Crippen LogP contribution in [0.15, 0.2) is 24.3 Å². The molecule has 1 nitrogen and oxygen atoms in total. The molecule has 2 rings (SSSR count). The first-order chi connectivity index (χ1) is 7.33. The van der Waals surface area contributed by atoms with Crippen molar-refractivity contribution in [1.29, 1.82) is 0 Å². The van der Waals surface area contributed by atoms with Gasteiger partial charge in [0, 0.05) is 5.54 Å². The second kappa shape index (κ2) is 3.52. The van der Waals surface area contributed by atoms with E-state index < -0.39 is 11.8 Å². The first-order valence-corrected chi connectivity index (χ1v) is 5.55. The van der Waals surface area contributed by atoms with E-state index in [-0.39, 0.29) is 5.54 Å². The van der Waals surface area contributed by atoms with Gasteiger partial charge in [-0.2, -0.15) is 0 Å². The molecule has 0 amide bonds. The van der Waals surface area contributed by atoms with E-state index in [1.807, 2.05) is 6.07 Å². The van der Waals surface area contributed by atoms with Gasteiger partial charge in [-0.3, -0.25) is 0 Å². The number of hydrogen-bond acceptors (Lipinski definition) is 1. The Morgan fingerprint density at radius 2 is 2.00 bits per heavy atom. The van der Waals surface area contributed by atoms with Crippen LogP contribution in [-0.4, -0.2) is 5.67 Å². The van der Waals surface area contributed by atoms with Crippen molar-refractivity contribution in [3.8, 4) is 0 Å². The van der Waals surface area contributed by atoms with E-state index in [2.05, 4.69) is 0 Å². The molecule has 1 aliphatic rings. The average molecular weight is 225 g/mol. The largest absolute Gasteiger partial charge is 0.321 e. The third kappa shape index (κ3) is 2.09. The molecular weight excluding hydrogens is 208 g/mol. The van der Waals surface area contributed by atoms with Crippen molar-refractivity contribution >= 4 is 0 Å². The average Bonchev–Trinajstić information content (AvgIpc) is 2.96. The van der Waals surface area contributed by atoms with Crippen LogP contribution in [0.2, 0.25) is 0 Å². The van der Waals surface area contributed by atoms with Crippen LogP contribution in [0.3, 0.4) is 0 Å². The molecule has 1 aliphatic carbocycles. The normalized spacial score (nSPS) is 20.6. The van der Waals surface area contributed by atoms with Gasteiger partial charge in [-0.05, 0) is 37.8 Å². The van der Waals surface area contributed by atoms with Crippen molar-refractivity contribution < 1.29 is 8.78 Å². The Morgan fingerprint density at radius 3 is 2.50 bits per heavy atom. The van der Waals surface area contributed by atoms with Gasteiger partial charge >= 0.3 is 0 Å². The predicted octanol–water partition coefficient (Wildman–Crippen LogP) is 3.39. The number of halogens is 2. The van der Waals surface area contributed by atoms with Crippen LogP contribution in [0.4, 0.5) is 8.78 Å². The molecular formula is C13H17F2N. The maximum Gasteiger partial charge on any atom is 0.158 e. The lowest BCUT2D eigenvalue weighted by Gasteiger charge is -2.21. The molecule has 88 valence electrons. The number of hydrogen-bond donors (Lipinski definition) is 1. The Labute approximate surface area is 94.7 Å². The number of benzene rings is 1. The summed E-state index contributed by atoms with van der Waals surface area (Å²) in [5.74, 6) is 0. The highest BCUT2D eigenvalue weighted by Gasteiger charge is 2.40. The molecule has 1 aromatic rings. The van der Waals surface area contributed by atoms with Gasteiger partial charge in [0.25, 0.3) is 0 Å². The summed E-state index contributed by atoms with van der Waals surface area (Å²) in [6.07, 6.45) is 0.244. The smallest absolute Gasteiger partial charge is 0.158 e. The third-order valence-corrected chi connectivity index (χ3v) is 3.15. The summed E-state index contributed by atoms with van der Waals surface area (Å²) in [6.45, 7) is 2.50. The lowest BCUT2D eigenvalue weighted by Crippen LogP contribution is -2.22. The molecule has 1 saturated carbocycles. The molecule has 0 radical (unpaired) electrons. The molecule has 16 heavy (non-hydrogen) atoms. The minimum Gasteiger partial charge on any atom is -0.321 e. The summed E-state index contributed by atoms with van der Waals surface area (Å²) in [6, 6.07) is 6.94. The molecule has 0 heterocycles. The van der Waals surface area contributed by atoms with E-state index in [0.29, 0.717) is 5.56 Å².